The molecule has 0 aromatic heterocycles. The molecule has 0 heterocycles. The Bertz CT molecular complexity index is 106. The van der Waals surface area contributed by atoms with Gasteiger partial charge in [0, 0.05) is 6.04 Å². The van der Waals surface area contributed by atoms with Crippen molar-refractivity contribution in [2.45, 2.75) is 26.3 Å². The summed E-state index contributed by atoms with van der Waals surface area (Å²) in [6.07, 6.45) is 0.765. The van der Waals surface area contributed by atoms with Gasteiger partial charge in [0.1, 0.15) is 0 Å². The molecular formula is C6H15NO2S. The second kappa shape index (κ2) is 5.82. The standard InChI is InChI=1S/C6H15NO2S/c1-6(2)7-4-3-5-10(8)9/h6-7H,3-5H2,1-2H3,(H,8,9). The zero-order valence-corrected chi connectivity index (χ0v) is 7.28. The van der Waals surface area contributed by atoms with Gasteiger partial charge in [-0.15, -0.1) is 0 Å². The average molecular weight is 165 g/mol. The van der Waals surface area contributed by atoms with E-state index in [0.29, 0.717) is 11.8 Å². The van der Waals surface area contributed by atoms with E-state index < -0.39 is 11.1 Å². The molecule has 0 radical (unpaired) electrons. The lowest BCUT2D eigenvalue weighted by molar-refractivity contribution is 0.549. The van der Waals surface area contributed by atoms with Crippen molar-refractivity contribution in [3.63, 3.8) is 0 Å². The summed E-state index contributed by atoms with van der Waals surface area (Å²) in [7, 11) is 0. The highest BCUT2D eigenvalue weighted by atomic mass is 32.2. The van der Waals surface area contributed by atoms with E-state index in [1.165, 1.54) is 0 Å². The zero-order valence-electron chi connectivity index (χ0n) is 6.46. The molecule has 1 atom stereocenters. The van der Waals surface area contributed by atoms with Gasteiger partial charge in [0.15, 0.2) is 11.1 Å². The molecule has 0 saturated heterocycles. The molecule has 0 aliphatic heterocycles. The lowest BCUT2D eigenvalue weighted by Crippen LogP contribution is -2.24. The van der Waals surface area contributed by atoms with Gasteiger partial charge < -0.3 is 9.87 Å². The Morgan fingerprint density at radius 3 is 2.60 bits per heavy atom. The van der Waals surface area contributed by atoms with E-state index in [1.54, 1.807) is 0 Å². The van der Waals surface area contributed by atoms with Crippen molar-refractivity contribution in [2.75, 3.05) is 12.3 Å². The third-order valence-electron chi connectivity index (χ3n) is 1.05. The zero-order chi connectivity index (χ0) is 7.98. The van der Waals surface area contributed by atoms with E-state index >= 15 is 0 Å². The smallest absolute Gasteiger partial charge is 0.152 e. The van der Waals surface area contributed by atoms with Crippen molar-refractivity contribution >= 4 is 11.1 Å². The largest absolute Gasteiger partial charge is 0.314 e. The Morgan fingerprint density at radius 1 is 1.60 bits per heavy atom. The van der Waals surface area contributed by atoms with Crippen molar-refractivity contribution in [3.05, 3.63) is 0 Å². The fourth-order valence-electron chi connectivity index (χ4n) is 0.586. The van der Waals surface area contributed by atoms with Crippen molar-refractivity contribution in [1.29, 1.82) is 0 Å². The third kappa shape index (κ3) is 8.07. The maximum absolute atomic E-state index is 10.1. The highest BCUT2D eigenvalue weighted by Gasteiger charge is 1.94. The Kier molecular flexibility index (Phi) is 5.87. The van der Waals surface area contributed by atoms with E-state index in [1.807, 2.05) is 0 Å². The number of hydrogen-bond donors (Lipinski definition) is 2. The predicted molar refractivity (Wildman–Crippen MR) is 43.4 cm³/mol. The Balaban J connectivity index is 2.98. The molecule has 0 fully saturated rings. The van der Waals surface area contributed by atoms with Crippen LogP contribution in [-0.2, 0) is 11.1 Å². The van der Waals surface area contributed by atoms with Crippen LogP contribution >= 0.6 is 0 Å². The van der Waals surface area contributed by atoms with Crippen LogP contribution in [0.2, 0.25) is 0 Å². The Labute approximate surface area is 64.5 Å². The molecule has 3 nitrogen and oxygen atoms in total. The van der Waals surface area contributed by atoms with Gasteiger partial charge in [0.25, 0.3) is 0 Å². The Hall–Kier alpha value is 0.0700. The average Bonchev–Trinajstić information content (AvgIpc) is 1.79. The minimum absolute atomic E-state index is 0.375. The molecule has 0 aliphatic rings. The molecule has 0 rings (SSSR count). The quantitative estimate of drug-likeness (QED) is 0.463. The second-order valence-corrected chi connectivity index (χ2v) is 3.54. The first kappa shape index (κ1) is 10.1. The van der Waals surface area contributed by atoms with Crippen molar-refractivity contribution in [2.24, 2.45) is 0 Å². The second-order valence-electron chi connectivity index (χ2n) is 2.49. The predicted octanol–water partition coefficient (Wildman–Crippen LogP) is 0.596. The van der Waals surface area contributed by atoms with Gasteiger partial charge >= 0.3 is 0 Å². The minimum atomic E-state index is -1.62. The van der Waals surface area contributed by atoms with E-state index in [0.717, 1.165) is 13.0 Å². The van der Waals surface area contributed by atoms with Crippen molar-refractivity contribution in [3.8, 4) is 0 Å². The first-order valence-corrected chi connectivity index (χ1v) is 4.71. The summed E-state index contributed by atoms with van der Waals surface area (Å²) >= 11 is -1.62. The summed E-state index contributed by atoms with van der Waals surface area (Å²) in [4.78, 5) is 0. The van der Waals surface area contributed by atoms with Gasteiger partial charge in [0.05, 0.1) is 5.75 Å². The summed E-state index contributed by atoms with van der Waals surface area (Å²) in [5, 5.41) is 3.16. The molecule has 2 N–H and O–H groups in total. The molecule has 0 aliphatic carbocycles. The molecule has 62 valence electrons. The highest BCUT2D eigenvalue weighted by Crippen LogP contribution is 1.83. The fraction of sp³-hybridized carbons (Fsp3) is 1.00. The highest BCUT2D eigenvalue weighted by molar-refractivity contribution is 7.79. The van der Waals surface area contributed by atoms with Crippen LogP contribution in [0.4, 0.5) is 0 Å². The minimum Gasteiger partial charge on any atom is -0.314 e. The van der Waals surface area contributed by atoms with Crippen LogP contribution in [0, 0.1) is 0 Å². The van der Waals surface area contributed by atoms with Crippen LogP contribution in [0.15, 0.2) is 0 Å². The molecule has 0 saturated carbocycles. The van der Waals surface area contributed by atoms with Gasteiger partial charge in [-0.3, -0.25) is 0 Å². The van der Waals surface area contributed by atoms with Gasteiger partial charge in [-0.05, 0) is 13.0 Å². The van der Waals surface area contributed by atoms with Crippen LogP contribution in [0.1, 0.15) is 20.3 Å². The normalized spacial score (nSPS) is 14.0. The number of hydrogen-bond acceptors (Lipinski definition) is 2. The van der Waals surface area contributed by atoms with Crippen LogP contribution in [0.5, 0.6) is 0 Å². The summed E-state index contributed by atoms with van der Waals surface area (Å²) in [5.41, 5.74) is 0. The number of nitrogens with one attached hydrogen (secondary N) is 1. The van der Waals surface area contributed by atoms with Gasteiger partial charge in [-0.2, -0.15) is 0 Å². The van der Waals surface area contributed by atoms with E-state index in [4.69, 9.17) is 4.55 Å². The summed E-state index contributed by atoms with van der Waals surface area (Å²) in [6, 6.07) is 0.465. The maximum atomic E-state index is 10.1. The molecular weight excluding hydrogens is 150 g/mol. The lowest BCUT2D eigenvalue weighted by Gasteiger charge is -2.05. The third-order valence-corrected chi connectivity index (χ3v) is 1.69. The SMILES string of the molecule is CC(C)NCCCS(=O)O. The molecule has 1 unspecified atom stereocenters. The van der Waals surface area contributed by atoms with Crippen molar-refractivity contribution in [1.82, 2.24) is 5.32 Å². The maximum Gasteiger partial charge on any atom is 0.152 e. The van der Waals surface area contributed by atoms with E-state index in [9.17, 15) is 4.21 Å². The molecule has 10 heavy (non-hydrogen) atoms. The summed E-state index contributed by atoms with van der Waals surface area (Å²) in [5.74, 6) is 0.375. The molecule has 0 amide bonds. The van der Waals surface area contributed by atoms with Gasteiger partial charge in [-0.25, -0.2) is 4.21 Å². The monoisotopic (exact) mass is 165 g/mol. The topological polar surface area (TPSA) is 49.3 Å². The van der Waals surface area contributed by atoms with Gasteiger partial charge in [-0.1, -0.05) is 13.8 Å². The molecule has 4 heteroatoms. The molecule has 0 aromatic carbocycles. The molecule has 0 bridgehead atoms. The molecule has 0 aromatic rings. The lowest BCUT2D eigenvalue weighted by atomic mass is 10.4. The van der Waals surface area contributed by atoms with E-state index in [2.05, 4.69) is 19.2 Å². The van der Waals surface area contributed by atoms with Crippen LogP contribution in [-0.4, -0.2) is 27.1 Å². The summed E-state index contributed by atoms with van der Waals surface area (Å²) in [6.45, 7) is 4.93. The first-order valence-electron chi connectivity index (χ1n) is 3.43. The molecule has 0 spiro atoms. The van der Waals surface area contributed by atoms with Crippen LogP contribution in [0.25, 0.3) is 0 Å². The van der Waals surface area contributed by atoms with Crippen LogP contribution < -0.4 is 5.32 Å². The summed E-state index contributed by atoms with van der Waals surface area (Å²) < 4.78 is 18.5. The Morgan fingerprint density at radius 2 is 2.20 bits per heavy atom. The first-order chi connectivity index (χ1) is 4.63. The van der Waals surface area contributed by atoms with Gasteiger partial charge in [0.2, 0.25) is 0 Å². The fourth-order valence-corrected chi connectivity index (χ4v) is 0.978. The van der Waals surface area contributed by atoms with Crippen molar-refractivity contribution < 1.29 is 8.76 Å². The number of rotatable bonds is 5. The van der Waals surface area contributed by atoms with Crippen LogP contribution in [0.3, 0.4) is 0 Å². The van der Waals surface area contributed by atoms with E-state index in [-0.39, 0.29) is 0 Å².